The molecule has 8 heteroatoms. The number of nitrogens with one attached hydrogen (secondary N) is 3. The van der Waals surface area contributed by atoms with Crippen molar-refractivity contribution >= 4 is 52.1 Å². The zero-order valence-electron chi connectivity index (χ0n) is 15.8. The third-order valence-electron chi connectivity index (χ3n) is 3.53. The number of halogens is 1. The number of hydrogen-bond donors (Lipinski definition) is 3. The van der Waals surface area contributed by atoms with Gasteiger partial charge in [-0.2, -0.15) is 0 Å². The number of benzene rings is 2. The van der Waals surface area contributed by atoms with Gasteiger partial charge in [0.05, 0.1) is 16.8 Å². The lowest BCUT2D eigenvalue weighted by atomic mass is 10.2. The second-order valence-corrected chi connectivity index (χ2v) is 7.01. The predicted molar refractivity (Wildman–Crippen MR) is 116 cm³/mol. The quantitative estimate of drug-likeness (QED) is 0.596. The highest BCUT2D eigenvalue weighted by Crippen LogP contribution is 2.25. The van der Waals surface area contributed by atoms with Crippen LogP contribution in [-0.4, -0.2) is 23.0 Å². The molecular formula is C20H22ClN3O3S. The van der Waals surface area contributed by atoms with Crippen LogP contribution in [0.5, 0.6) is 5.75 Å². The minimum absolute atomic E-state index is 0.0547. The van der Waals surface area contributed by atoms with Crippen molar-refractivity contribution in [2.24, 2.45) is 0 Å². The van der Waals surface area contributed by atoms with Crippen molar-refractivity contribution in [3.63, 3.8) is 0 Å². The lowest BCUT2D eigenvalue weighted by Gasteiger charge is -2.13. The lowest BCUT2D eigenvalue weighted by Crippen LogP contribution is -2.34. The predicted octanol–water partition coefficient (Wildman–Crippen LogP) is 4.60. The van der Waals surface area contributed by atoms with Gasteiger partial charge >= 0.3 is 0 Å². The van der Waals surface area contributed by atoms with Crippen LogP contribution in [0, 0.1) is 0 Å². The van der Waals surface area contributed by atoms with E-state index < -0.39 is 0 Å². The van der Waals surface area contributed by atoms with Crippen molar-refractivity contribution in [3.05, 3.63) is 53.1 Å². The summed E-state index contributed by atoms with van der Waals surface area (Å²) in [5.74, 6) is 0.208. The van der Waals surface area contributed by atoms with Gasteiger partial charge in [0.1, 0.15) is 5.75 Å². The molecular weight excluding hydrogens is 398 g/mol. The molecule has 0 bridgehead atoms. The van der Waals surface area contributed by atoms with Crippen LogP contribution in [-0.2, 0) is 4.79 Å². The Kier molecular flexibility index (Phi) is 7.78. The standard InChI is InChI=1S/C20H22ClN3O3S/c1-4-18(25)22-14-7-10-16(21)17(11-14)23-20(28)24-19(26)13-5-8-15(9-6-13)27-12(2)3/h5-12H,4H2,1-3H3,(H,22,25)(H2,23,24,26,28). The van der Waals surface area contributed by atoms with Gasteiger partial charge in [-0.1, -0.05) is 18.5 Å². The average molecular weight is 420 g/mol. The largest absolute Gasteiger partial charge is 0.491 e. The fourth-order valence-corrected chi connectivity index (χ4v) is 2.60. The maximum atomic E-state index is 12.3. The molecule has 0 radical (unpaired) electrons. The maximum absolute atomic E-state index is 12.3. The van der Waals surface area contributed by atoms with Gasteiger partial charge in [-0.25, -0.2) is 0 Å². The second-order valence-electron chi connectivity index (χ2n) is 6.20. The van der Waals surface area contributed by atoms with Gasteiger partial charge in [-0.3, -0.25) is 14.9 Å². The first-order chi connectivity index (χ1) is 13.3. The summed E-state index contributed by atoms with van der Waals surface area (Å²) in [7, 11) is 0. The Morgan fingerprint density at radius 1 is 1.11 bits per heavy atom. The Bertz CT molecular complexity index is 869. The maximum Gasteiger partial charge on any atom is 0.257 e. The second kappa shape index (κ2) is 10.1. The molecule has 0 saturated heterocycles. The summed E-state index contributed by atoms with van der Waals surface area (Å²) in [6.07, 6.45) is 0.417. The Balaban J connectivity index is 2.00. The van der Waals surface area contributed by atoms with Gasteiger partial charge in [0, 0.05) is 17.7 Å². The zero-order valence-corrected chi connectivity index (χ0v) is 17.4. The zero-order chi connectivity index (χ0) is 20.7. The van der Waals surface area contributed by atoms with Crippen LogP contribution in [0.3, 0.4) is 0 Å². The first kappa shape index (κ1) is 21.7. The number of carbonyl (C=O) groups is 2. The van der Waals surface area contributed by atoms with E-state index in [0.29, 0.717) is 34.1 Å². The smallest absolute Gasteiger partial charge is 0.257 e. The van der Waals surface area contributed by atoms with Crippen LogP contribution in [0.4, 0.5) is 11.4 Å². The molecule has 148 valence electrons. The monoisotopic (exact) mass is 419 g/mol. The molecule has 2 aromatic carbocycles. The van der Waals surface area contributed by atoms with Gasteiger partial charge in [0.15, 0.2) is 5.11 Å². The third-order valence-corrected chi connectivity index (χ3v) is 4.07. The SMILES string of the molecule is CCC(=O)Nc1ccc(Cl)c(NC(=S)NC(=O)c2ccc(OC(C)C)cc2)c1. The molecule has 0 unspecified atom stereocenters. The van der Waals surface area contributed by atoms with Gasteiger partial charge in [0.2, 0.25) is 5.91 Å². The Morgan fingerprint density at radius 2 is 1.79 bits per heavy atom. The van der Waals surface area contributed by atoms with Crippen LogP contribution in [0.1, 0.15) is 37.6 Å². The number of hydrogen-bond acceptors (Lipinski definition) is 4. The van der Waals surface area contributed by atoms with Crippen molar-refractivity contribution in [2.45, 2.75) is 33.3 Å². The highest BCUT2D eigenvalue weighted by Gasteiger charge is 2.11. The number of thiocarbonyl (C=S) groups is 1. The van der Waals surface area contributed by atoms with Crippen LogP contribution in [0.15, 0.2) is 42.5 Å². The first-order valence-corrected chi connectivity index (χ1v) is 9.55. The van der Waals surface area contributed by atoms with Gasteiger partial charge in [0.25, 0.3) is 5.91 Å². The minimum Gasteiger partial charge on any atom is -0.491 e. The molecule has 0 aliphatic rings. The molecule has 0 atom stereocenters. The van der Waals surface area contributed by atoms with Gasteiger partial charge < -0.3 is 15.4 Å². The lowest BCUT2D eigenvalue weighted by molar-refractivity contribution is -0.115. The molecule has 0 heterocycles. The van der Waals surface area contributed by atoms with E-state index in [1.807, 2.05) is 13.8 Å². The summed E-state index contributed by atoms with van der Waals surface area (Å²) in [6.45, 7) is 5.62. The summed E-state index contributed by atoms with van der Waals surface area (Å²) >= 11 is 11.4. The van der Waals surface area contributed by atoms with E-state index in [1.165, 1.54) is 0 Å². The normalized spacial score (nSPS) is 10.3. The van der Waals surface area contributed by atoms with E-state index in [4.69, 9.17) is 28.6 Å². The summed E-state index contributed by atoms with van der Waals surface area (Å²) in [5, 5.41) is 8.70. The molecule has 0 spiro atoms. The number of rotatable bonds is 6. The van der Waals surface area contributed by atoms with Crippen molar-refractivity contribution in [1.29, 1.82) is 0 Å². The molecule has 0 saturated carbocycles. The van der Waals surface area contributed by atoms with E-state index in [2.05, 4.69) is 16.0 Å². The Morgan fingerprint density at radius 3 is 2.39 bits per heavy atom. The molecule has 0 aromatic heterocycles. The summed E-state index contributed by atoms with van der Waals surface area (Å²) in [4.78, 5) is 23.9. The highest BCUT2D eigenvalue weighted by atomic mass is 35.5. The molecule has 28 heavy (non-hydrogen) atoms. The van der Waals surface area contributed by atoms with Crippen molar-refractivity contribution in [3.8, 4) is 5.75 Å². The van der Waals surface area contributed by atoms with E-state index >= 15 is 0 Å². The number of amides is 2. The average Bonchev–Trinajstić information content (AvgIpc) is 2.64. The van der Waals surface area contributed by atoms with Gasteiger partial charge in [-0.05, 0) is 68.5 Å². The number of anilines is 2. The highest BCUT2D eigenvalue weighted by molar-refractivity contribution is 7.80. The van der Waals surface area contributed by atoms with E-state index in [0.717, 1.165) is 0 Å². The molecule has 0 fully saturated rings. The number of ether oxygens (including phenoxy) is 1. The molecule has 2 rings (SSSR count). The van der Waals surface area contributed by atoms with E-state index in [-0.39, 0.29) is 23.0 Å². The topological polar surface area (TPSA) is 79.5 Å². The molecule has 3 N–H and O–H groups in total. The summed E-state index contributed by atoms with van der Waals surface area (Å²) in [6, 6.07) is 11.7. The fourth-order valence-electron chi connectivity index (χ4n) is 2.23. The molecule has 6 nitrogen and oxygen atoms in total. The van der Waals surface area contributed by atoms with Crippen LogP contribution >= 0.6 is 23.8 Å². The van der Waals surface area contributed by atoms with Crippen LogP contribution < -0.4 is 20.7 Å². The molecule has 0 aliphatic carbocycles. The molecule has 2 amide bonds. The molecule has 2 aromatic rings. The molecule has 0 aliphatic heterocycles. The van der Waals surface area contributed by atoms with Gasteiger partial charge in [-0.15, -0.1) is 0 Å². The van der Waals surface area contributed by atoms with Crippen LogP contribution in [0.2, 0.25) is 5.02 Å². The third kappa shape index (κ3) is 6.51. The van der Waals surface area contributed by atoms with Crippen molar-refractivity contribution < 1.29 is 14.3 Å². The van der Waals surface area contributed by atoms with Crippen LogP contribution in [0.25, 0.3) is 0 Å². The Labute approximate surface area is 174 Å². The minimum atomic E-state index is -0.361. The van der Waals surface area contributed by atoms with Crippen molar-refractivity contribution in [1.82, 2.24) is 5.32 Å². The fraction of sp³-hybridized carbons (Fsp3) is 0.250. The van der Waals surface area contributed by atoms with E-state index in [9.17, 15) is 9.59 Å². The number of carbonyl (C=O) groups excluding carboxylic acids is 2. The van der Waals surface area contributed by atoms with E-state index in [1.54, 1.807) is 49.4 Å². The van der Waals surface area contributed by atoms with Crippen molar-refractivity contribution in [2.75, 3.05) is 10.6 Å². The first-order valence-electron chi connectivity index (χ1n) is 8.77. The Hall–Kier alpha value is -2.64. The summed E-state index contributed by atoms with van der Waals surface area (Å²) in [5.41, 5.74) is 1.49. The summed E-state index contributed by atoms with van der Waals surface area (Å²) < 4.78 is 5.55.